The molecule has 60 heavy (non-hydrogen) atoms. The molecule has 16 heteroatoms. The number of hydrogen-bond donors (Lipinski definition) is 8. The Hall–Kier alpha value is -6.06. The summed E-state index contributed by atoms with van der Waals surface area (Å²) in [4.78, 5) is 99.3. The standard InChI is InChI=1S/C44H63N7O9/c1-3-30(2)40(44(60)49-33(41(46)57)27-31-19-13-11-14-20-31)51-37(53)23-17-9-7-5-4-6-8-10-18-26-47-42(58)35(29-36(45)52)50-43(59)34(28-32-21-15-12-16-22-32)48-38(54)24-25-39(55)56/h11-16,19-22,24-25,30,33-35,40H,3-10,17-18,23,26-29H2,1-2H3,(H2,45,52)(H2,46,57)(H,47,58)(H,48,54)(H,49,60)(H,50,59)(H,51,53)(H,55,56)/b25-24+/t30?,33-,34-,35+,40-/m0/s1. The van der Waals surface area contributed by atoms with Gasteiger partial charge in [0.05, 0.1) is 6.42 Å². The van der Waals surface area contributed by atoms with Gasteiger partial charge >= 0.3 is 5.97 Å². The number of carboxylic acid groups (broad SMARTS) is 1. The Bertz CT molecular complexity index is 1720. The van der Waals surface area contributed by atoms with E-state index in [1.807, 2.05) is 44.2 Å². The van der Waals surface area contributed by atoms with Crippen molar-refractivity contribution in [3.63, 3.8) is 0 Å². The van der Waals surface area contributed by atoms with E-state index in [2.05, 4.69) is 26.6 Å². The number of nitrogens with two attached hydrogens (primary N) is 2. The summed E-state index contributed by atoms with van der Waals surface area (Å²) < 4.78 is 0. The van der Waals surface area contributed by atoms with E-state index in [1.165, 1.54) is 0 Å². The smallest absolute Gasteiger partial charge is 0.328 e. The van der Waals surface area contributed by atoms with Gasteiger partial charge in [0.2, 0.25) is 41.4 Å². The van der Waals surface area contributed by atoms with E-state index in [-0.39, 0.29) is 31.1 Å². The first kappa shape index (κ1) is 50.1. The zero-order chi connectivity index (χ0) is 44.3. The van der Waals surface area contributed by atoms with Crippen LogP contribution in [0, 0.1) is 5.92 Å². The van der Waals surface area contributed by atoms with Crippen LogP contribution < -0.4 is 38.1 Å². The van der Waals surface area contributed by atoms with Crippen molar-refractivity contribution in [2.75, 3.05) is 6.54 Å². The summed E-state index contributed by atoms with van der Waals surface area (Å²) in [5, 5.41) is 22.1. The van der Waals surface area contributed by atoms with Crippen molar-refractivity contribution in [3.05, 3.63) is 83.9 Å². The third kappa shape index (κ3) is 21.1. The number of carboxylic acids is 1. The van der Waals surface area contributed by atoms with Crippen LogP contribution in [0.1, 0.15) is 102 Å². The van der Waals surface area contributed by atoms with Crippen LogP contribution in [0.15, 0.2) is 72.8 Å². The fraction of sp³-hybridized carbons (Fsp3) is 0.500. The van der Waals surface area contributed by atoms with Crippen LogP contribution in [0.25, 0.3) is 0 Å². The van der Waals surface area contributed by atoms with Crippen LogP contribution in [0.3, 0.4) is 0 Å². The van der Waals surface area contributed by atoms with E-state index in [9.17, 15) is 38.4 Å². The summed E-state index contributed by atoms with van der Waals surface area (Å²) in [6.45, 7) is 4.13. The number of hydrogen-bond acceptors (Lipinski definition) is 8. The lowest BCUT2D eigenvalue weighted by Crippen LogP contribution is -2.55. The van der Waals surface area contributed by atoms with Crippen LogP contribution in [0.4, 0.5) is 0 Å². The normalized spacial score (nSPS) is 13.5. The molecule has 2 aromatic rings. The topological polar surface area (TPSA) is 269 Å². The van der Waals surface area contributed by atoms with Gasteiger partial charge in [-0.25, -0.2) is 4.79 Å². The molecule has 16 nitrogen and oxygen atoms in total. The second kappa shape index (κ2) is 28.4. The predicted octanol–water partition coefficient (Wildman–Crippen LogP) is 2.48. The molecule has 0 radical (unpaired) electrons. The second-order valence-corrected chi connectivity index (χ2v) is 15.0. The minimum Gasteiger partial charge on any atom is -0.478 e. The Balaban J connectivity index is 1.69. The molecule has 10 N–H and O–H groups in total. The molecule has 0 fully saturated rings. The number of carbonyl (C=O) groups excluding carboxylic acids is 7. The van der Waals surface area contributed by atoms with Gasteiger partial charge < -0.3 is 43.2 Å². The minimum atomic E-state index is -1.34. The van der Waals surface area contributed by atoms with Gasteiger partial charge in [-0.05, 0) is 29.9 Å². The van der Waals surface area contributed by atoms with Gasteiger partial charge in [-0.1, -0.05) is 126 Å². The number of carbonyl (C=O) groups is 8. The molecule has 0 aliphatic heterocycles. The Labute approximate surface area is 352 Å². The van der Waals surface area contributed by atoms with Gasteiger partial charge in [-0.2, -0.15) is 0 Å². The molecule has 328 valence electrons. The monoisotopic (exact) mass is 833 g/mol. The molecule has 2 rings (SSSR count). The first-order valence-electron chi connectivity index (χ1n) is 20.7. The minimum absolute atomic E-state index is 0.0418. The maximum atomic E-state index is 13.2. The highest BCUT2D eigenvalue weighted by molar-refractivity contribution is 5.98. The van der Waals surface area contributed by atoms with Crippen molar-refractivity contribution >= 4 is 47.3 Å². The fourth-order valence-electron chi connectivity index (χ4n) is 6.37. The largest absolute Gasteiger partial charge is 0.478 e. The molecule has 0 heterocycles. The van der Waals surface area contributed by atoms with Crippen molar-refractivity contribution in [2.45, 2.75) is 128 Å². The highest BCUT2D eigenvalue weighted by atomic mass is 16.4. The van der Waals surface area contributed by atoms with Gasteiger partial charge in [0.1, 0.15) is 24.2 Å². The Kier molecular flexibility index (Phi) is 23.7. The average molecular weight is 834 g/mol. The van der Waals surface area contributed by atoms with E-state index in [4.69, 9.17) is 16.6 Å². The summed E-state index contributed by atoms with van der Waals surface area (Å²) in [5.41, 5.74) is 12.5. The molecule has 0 spiro atoms. The highest BCUT2D eigenvalue weighted by Gasteiger charge is 2.30. The molecular weight excluding hydrogens is 771 g/mol. The zero-order valence-electron chi connectivity index (χ0n) is 34.8. The van der Waals surface area contributed by atoms with Crippen LogP contribution in [0.2, 0.25) is 0 Å². The van der Waals surface area contributed by atoms with Gasteiger partial charge in [0.25, 0.3) is 0 Å². The summed E-state index contributed by atoms with van der Waals surface area (Å²) in [6.07, 6.45) is 10.2. The summed E-state index contributed by atoms with van der Waals surface area (Å²) in [7, 11) is 0. The first-order chi connectivity index (χ1) is 28.7. The quantitative estimate of drug-likeness (QED) is 0.0424. The molecule has 0 aliphatic carbocycles. The van der Waals surface area contributed by atoms with Crippen molar-refractivity contribution in [1.29, 1.82) is 0 Å². The molecule has 0 aliphatic rings. The number of benzene rings is 2. The Morgan fingerprint density at radius 2 is 1.13 bits per heavy atom. The van der Waals surface area contributed by atoms with E-state index in [0.717, 1.165) is 56.6 Å². The fourth-order valence-corrected chi connectivity index (χ4v) is 6.37. The van der Waals surface area contributed by atoms with Crippen LogP contribution in [-0.4, -0.2) is 83.1 Å². The Morgan fingerprint density at radius 3 is 1.65 bits per heavy atom. The highest BCUT2D eigenvalue weighted by Crippen LogP contribution is 2.13. The number of rotatable bonds is 30. The molecular formula is C44H63N7O9. The lowest BCUT2D eigenvalue weighted by atomic mass is 9.97. The molecule has 2 aromatic carbocycles. The second-order valence-electron chi connectivity index (χ2n) is 15.0. The van der Waals surface area contributed by atoms with Crippen LogP contribution in [-0.2, 0) is 51.2 Å². The lowest BCUT2D eigenvalue weighted by Gasteiger charge is -2.26. The lowest BCUT2D eigenvalue weighted by molar-refractivity contribution is -0.133. The van der Waals surface area contributed by atoms with Gasteiger partial charge in [-0.15, -0.1) is 0 Å². The number of aliphatic carboxylic acids is 1. The van der Waals surface area contributed by atoms with Crippen LogP contribution >= 0.6 is 0 Å². The molecule has 0 bridgehead atoms. The maximum Gasteiger partial charge on any atom is 0.328 e. The van der Waals surface area contributed by atoms with Gasteiger partial charge in [-0.3, -0.25) is 33.6 Å². The Morgan fingerprint density at radius 1 is 0.617 bits per heavy atom. The molecule has 1 unspecified atom stereocenters. The molecule has 5 atom stereocenters. The van der Waals surface area contributed by atoms with Crippen molar-refractivity contribution in [3.8, 4) is 0 Å². The molecule has 0 saturated heterocycles. The number of amides is 7. The third-order valence-corrected chi connectivity index (χ3v) is 9.97. The maximum absolute atomic E-state index is 13.2. The SMILES string of the molecule is CCC(C)[C@H](NC(=O)CCCCCCCCCCCNC(=O)[C@@H](CC(N)=O)NC(=O)[C@H](Cc1ccccc1)NC(=O)/C=C/C(=O)O)C(=O)N[C@@H](Cc1ccccc1)C(N)=O. The number of nitrogens with one attached hydrogen (secondary N) is 5. The average Bonchev–Trinajstić information content (AvgIpc) is 3.21. The van der Waals surface area contributed by atoms with Crippen molar-refractivity contribution < 1.29 is 43.5 Å². The van der Waals surface area contributed by atoms with E-state index >= 15 is 0 Å². The molecule has 0 aromatic heterocycles. The summed E-state index contributed by atoms with van der Waals surface area (Å²) in [6, 6.07) is 13.9. The summed E-state index contributed by atoms with van der Waals surface area (Å²) >= 11 is 0. The molecule has 0 saturated carbocycles. The van der Waals surface area contributed by atoms with E-state index < -0.39 is 72.0 Å². The van der Waals surface area contributed by atoms with Crippen molar-refractivity contribution in [1.82, 2.24) is 26.6 Å². The number of primary amides is 2. The van der Waals surface area contributed by atoms with E-state index in [1.54, 1.807) is 30.3 Å². The van der Waals surface area contributed by atoms with Gasteiger partial charge in [0, 0.05) is 38.0 Å². The predicted molar refractivity (Wildman–Crippen MR) is 226 cm³/mol. The summed E-state index contributed by atoms with van der Waals surface area (Å²) in [5.74, 6) is -5.75. The van der Waals surface area contributed by atoms with Crippen LogP contribution in [0.5, 0.6) is 0 Å². The van der Waals surface area contributed by atoms with Crippen molar-refractivity contribution in [2.24, 2.45) is 17.4 Å². The molecule has 7 amide bonds. The first-order valence-corrected chi connectivity index (χ1v) is 20.7. The number of unbranched alkanes of at least 4 members (excludes halogenated alkanes) is 8. The van der Waals surface area contributed by atoms with E-state index in [0.29, 0.717) is 37.4 Å². The van der Waals surface area contributed by atoms with Gasteiger partial charge in [0.15, 0.2) is 0 Å². The zero-order valence-corrected chi connectivity index (χ0v) is 34.8. The third-order valence-electron chi connectivity index (χ3n) is 9.97.